The smallest absolute Gasteiger partial charge is 0.329 e. The first-order chi connectivity index (χ1) is 8.96. The molecule has 19 heavy (non-hydrogen) atoms. The Morgan fingerprint density at radius 1 is 1.42 bits per heavy atom. The van der Waals surface area contributed by atoms with E-state index in [1.807, 2.05) is 0 Å². The summed E-state index contributed by atoms with van der Waals surface area (Å²) in [5.41, 5.74) is -0.150. The Labute approximate surface area is 110 Å². The number of para-hydroxylation sites is 1. The van der Waals surface area contributed by atoms with Crippen molar-refractivity contribution in [3.05, 3.63) is 33.9 Å². The van der Waals surface area contributed by atoms with E-state index in [0.717, 1.165) is 12.8 Å². The molecule has 1 aromatic carbocycles. The maximum Gasteiger partial charge on any atom is 0.329 e. The van der Waals surface area contributed by atoms with Crippen molar-refractivity contribution in [1.82, 2.24) is 0 Å². The molecule has 1 aliphatic carbocycles. The minimum atomic E-state index is -1.07. The molecule has 1 aliphatic rings. The van der Waals surface area contributed by atoms with Crippen LogP contribution in [-0.4, -0.2) is 21.5 Å². The van der Waals surface area contributed by atoms with Gasteiger partial charge in [0.2, 0.25) is 0 Å². The molecule has 0 unspecified atom stereocenters. The SMILES string of the molecule is Cc1cccc([N+](=O)[O-])c1NC1(C(=O)O)CCCC1. The molecule has 0 aromatic heterocycles. The average Bonchev–Trinajstić information content (AvgIpc) is 2.81. The van der Waals surface area contributed by atoms with E-state index in [4.69, 9.17) is 0 Å². The zero-order valence-electron chi connectivity index (χ0n) is 10.7. The molecule has 102 valence electrons. The second-order valence-corrected chi connectivity index (χ2v) is 4.95. The number of hydrogen-bond donors (Lipinski definition) is 2. The van der Waals surface area contributed by atoms with E-state index in [9.17, 15) is 20.0 Å². The van der Waals surface area contributed by atoms with Crippen LogP contribution in [0.1, 0.15) is 31.2 Å². The highest BCUT2D eigenvalue weighted by atomic mass is 16.6. The Hall–Kier alpha value is -2.11. The Bertz CT molecular complexity index is 521. The minimum Gasteiger partial charge on any atom is -0.480 e. The molecule has 2 rings (SSSR count). The van der Waals surface area contributed by atoms with E-state index < -0.39 is 16.4 Å². The van der Waals surface area contributed by atoms with Crippen LogP contribution in [0.25, 0.3) is 0 Å². The number of aliphatic carboxylic acids is 1. The molecule has 0 heterocycles. The fourth-order valence-electron chi connectivity index (χ4n) is 2.58. The van der Waals surface area contributed by atoms with Crippen LogP contribution in [-0.2, 0) is 4.79 Å². The largest absolute Gasteiger partial charge is 0.480 e. The average molecular weight is 264 g/mol. The molecule has 6 nitrogen and oxygen atoms in total. The zero-order chi connectivity index (χ0) is 14.0. The predicted molar refractivity (Wildman–Crippen MR) is 70.3 cm³/mol. The lowest BCUT2D eigenvalue weighted by molar-refractivity contribution is -0.384. The van der Waals surface area contributed by atoms with Gasteiger partial charge in [0.05, 0.1) is 4.92 Å². The summed E-state index contributed by atoms with van der Waals surface area (Å²) in [6.07, 6.45) is 2.62. The number of nitro benzene ring substituents is 1. The Morgan fingerprint density at radius 3 is 2.58 bits per heavy atom. The molecule has 0 radical (unpaired) electrons. The first-order valence-corrected chi connectivity index (χ1v) is 6.22. The molecule has 6 heteroatoms. The fraction of sp³-hybridized carbons (Fsp3) is 0.462. The summed E-state index contributed by atoms with van der Waals surface area (Å²) in [6, 6.07) is 4.72. The summed E-state index contributed by atoms with van der Waals surface area (Å²) in [7, 11) is 0. The van der Waals surface area contributed by atoms with Crippen molar-refractivity contribution in [1.29, 1.82) is 0 Å². The number of carboxylic acids is 1. The van der Waals surface area contributed by atoms with Gasteiger partial charge in [-0.25, -0.2) is 4.79 Å². The molecule has 2 N–H and O–H groups in total. The molecular weight excluding hydrogens is 248 g/mol. The molecule has 0 bridgehead atoms. The lowest BCUT2D eigenvalue weighted by atomic mass is 9.96. The third-order valence-electron chi connectivity index (χ3n) is 3.68. The van der Waals surface area contributed by atoms with Gasteiger partial charge in [-0.05, 0) is 25.3 Å². The highest BCUT2D eigenvalue weighted by molar-refractivity contribution is 5.85. The Kier molecular flexibility index (Phi) is 3.42. The second kappa shape index (κ2) is 4.87. The van der Waals surface area contributed by atoms with Gasteiger partial charge in [0.25, 0.3) is 5.69 Å². The Morgan fingerprint density at radius 2 is 2.05 bits per heavy atom. The minimum absolute atomic E-state index is 0.0764. The van der Waals surface area contributed by atoms with Crippen LogP contribution in [0.3, 0.4) is 0 Å². The van der Waals surface area contributed by atoms with Crippen molar-refractivity contribution in [3.8, 4) is 0 Å². The highest BCUT2D eigenvalue weighted by Gasteiger charge is 2.42. The number of carbonyl (C=O) groups is 1. The van der Waals surface area contributed by atoms with E-state index in [-0.39, 0.29) is 5.69 Å². The van der Waals surface area contributed by atoms with Gasteiger partial charge in [-0.1, -0.05) is 25.0 Å². The topological polar surface area (TPSA) is 92.5 Å². The molecule has 0 atom stereocenters. The lowest BCUT2D eigenvalue weighted by Crippen LogP contribution is -2.44. The summed E-state index contributed by atoms with van der Waals surface area (Å²) in [6.45, 7) is 1.74. The summed E-state index contributed by atoms with van der Waals surface area (Å²) >= 11 is 0. The van der Waals surface area contributed by atoms with Gasteiger partial charge < -0.3 is 10.4 Å². The van der Waals surface area contributed by atoms with Crippen LogP contribution in [0, 0.1) is 17.0 Å². The third kappa shape index (κ3) is 2.38. The monoisotopic (exact) mass is 264 g/mol. The Balaban J connectivity index is 2.42. The molecule has 0 aliphatic heterocycles. The van der Waals surface area contributed by atoms with Gasteiger partial charge in [-0.2, -0.15) is 0 Å². The highest BCUT2D eigenvalue weighted by Crippen LogP contribution is 2.37. The number of nitrogens with zero attached hydrogens (tertiary/aromatic N) is 1. The van der Waals surface area contributed by atoms with Gasteiger partial charge in [-0.3, -0.25) is 10.1 Å². The molecule has 0 spiro atoms. The van der Waals surface area contributed by atoms with E-state index in [1.54, 1.807) is 19.1 Å². The molecule has 0 amide bonds. The van der Waals surface area contributed by atoms with Crippen LogP contribution >= 0.6 is 0 Å². The third-order valence-corrected chi connectivity index (χ3v) is 3.68. The van der Waals surface area contributed by atoms with Crippen molar-refractivity contribution < 1.29 is 14.8 Å². The van der Waals surface area contributed by atoms with Crippen molar-refractivity contribution in [2.45, 2.75) is 38.1 Å². The van der Waals surface area contributed by atoms with Gasteiger partial charge in [0.1, 0.15) is 11.2 Å². The number of nitro groups is 1. The van der Waals surface area contributed by atoms with Crippen molar-refractivity contribution >= 4 is 17.3 Å². The van der Waals surface area contributed by atoms with E-state index in [0.29, 0.717) is 24.1 Å². The summed E-state index contributed by atoms with van der Waals surface area (Å²) < 4.78 is 0. The summed E-state index contributed by atoms with van der Waals surface area (Å²) in [5, 5.41) is 23.4. The number of aryl methyl sites for hydroxylation is 1. The van der Waals surface area contributed by atoms with Crippen molar-refractivity contribution in [3.63, 3.8) is 0 Å². The maximum absolute atomic E-state index is 11.5. The standard InChI is InChI=1S/C13H16N2O4/c1-9-5-4-6-10(15(18)19)11(9)14-13(12(16)17)7-2-3-8-13/h4-6,14H,2-3,7-8H2,1H3,(H,16,17). The first kappa shape index (κ1) is 13.3. The van der Waals surface area contributed by atoms with Crippen LogP contribution in [0.2, 0.25) is 0 Å². The summed E-state index contributed by atoms with van der Waals surface area (Å²) in [5.74, 6) is -0.942. The normalized spacial score (nSPS) is 17.1. The molecule has 1 saturated carbocycles. The van der Waals surface area contributed by atoms with Crippen LogP contribution in [0.4, 0.5) is 11.4 Å². The first-order valence-electron chi connectivity index (χ1n) is 6.22. The predicted octanol–water partition coefficient (Wildman–Crippen LogP) is 2.71. The zero-order valence-corrected chi connectivity index (χ0v) is 10.7. The number of carboxylic acid groups (broad SMARTS) is 1. The molecule has 0 saturated heterocycles. The second-order valence-electron chi connectivity index (χ2n) is 4.95. The van der Waals surface area contributed by atoms with Gasteiger partial charge in [0, 0.05) is 6.07 Å². The van der Waals surface area contributed by atoms with Crippen LogP contribution in [0.5, 0.6) is 0 Å². The van der Waals surface area contributed by atoms with Gasteiger partial charge in [-0.15, -0.1) is 0 Å². The summed E-state index contributed by atoms with van der Waals surface area (Å²) in [4.78, 5) is 22.0. The number of rotatable bonds is 4. The fourth-order valence-corrected chi connectivity index (χ4v) is 2.58. The number of nitrogens with one attached hydrogen (secondary N) is 1. The van der Waals surface area contributed by atoms with Crippen LogP contribution in [0.15, 0.2) is 18.2 Å². The number of benzene rings is 1. The number of anilines is 1. The van der Waals surface area contributed by atoms with Crippen LogP contribution < -0.4 is 5.32 Å². The van der Waals surface area contributed by atoms with Gasteiger partial charge in [0.15, 0.2) is 0 Å². The maximum atomic E-state index is 11.5. The quantitative estimate of drug-likeness (QED) is 0.644. The lowest BCUT2D eigenvalue weighted by Gasteiger charge is -2.27. The van der Waals surface area contributed by atoms with E-state index >= 15 is 0 Å². The van der Waals surface area contributed by atoms with E-state index in [1.165, 1.54) is 6.07 Å². The number of hydrogen-bond acceptors (Lipinski definition) is 4. The van der Waals surface area contributed by atoms with Gasteiger partial charge >= 0.3 is 5.97 Å². The van der Waals surface area contributed by atoms with E-state index in [2.05, 4.69) is 5.32 Å². The molecule has 1 aromatic rings. The van der Waals surface area contributed by atoms with Crippen molar-refractivity contribution in [2.24, 2.45) is 0 Å². The van der Waals surface area contributed by atoms with Crippen molar-refractivity contribution in [2.75, 3.05) is 5.32 Å². The molecular formula is C13H16N2O4. The molecule has 1 fully saturated rings.